The zero-order valence-corrected chi connectivity index (χ0v) is 16.9. The van der Waals surface area contributed by atoms with Gasteiger partial charge in [-0.2, -0.15) is 0 Å². The average molecular weight is 410 g/mol. The topological polar surface area (TPSA) is 93.1 Å². The Morgan fingerprint density at radius 2 is 1.76 bits per heavy atom. The number of rotatable bonds is 8. The molecule has 1 aromatic heterocycles. The van der Waals surface area contributed by atoms with Gasteiger partial charge in [0.2, 0.25) is 11.8 Å². The van der Waals surface area contributed by atoms with E-state index in [1.54, 1.807) is 18.2 Å². The van der Waals surface area contributed by atoms with Gasteiger partial charge in [-0.1, -0.05) is 54.2 Å². The first-order valence-corrected chi connectivity index (χ1v) is 10.2. The fourth-order valence-electron chi connectivity index (χ4n) is 2.78. The second-order valence-corrected chi connectivity index (χ2v) is 7.34. The molecule has 0 fully saturated rings. The summed E-state index contributed by atoms with van der Waals surface area (Å²) in [7, 11) is 0. The zero-order valence-electron chi connectivity index (χ0n) is 16.1. The van der Waals surface area contributed by atoms with Gasteiger partial charge in [0.05, 0.1) is 16.7 Å². The minimum absolute atomic E-state index is 0.137. The van der Waals surface area contributed by atoms with Gasteiger partial charge in [-0.15, -0.1) is 0 Å². The van der Waals surface area contributed by atoms with Gasteiger partial charge in [0.25, 0.3) is 5.56 Å². The van der Waals surface area contributed by atoms with Crippen LogP contribution in [0.25, 0.3) is 10.9 Å². The van der Waals surface area contributed by atoms with Crippen molar-refractivity contribution in [1.82, 2.24) is 20.2 Å². The van der Waals surface area contributed by atoms with Crippen molar-refractivity contribution in [2.45, 2.75) is 25.2 Å². The number of carbonyl (C=O) groups is 2. The molecule has 3 rings (SSSR count). The number of hydrogen-bond donors (Lipinski definition) is 2. The number of benzene rings is 2. The van der Waals surface area contributed by atoms with Gasteiger partial charge in [0.1, 0.15) is 0 Å². The Bertz CT molecular complexity index is 1070. The number of nitrogens with zero attached hydrogens (tertiary/aromatic N) is 2. The highest BCUT2D eigenvalue weighted by molar-refractivity contribution is 7.99. The smallest absolute Gasteiger partial charge is 0.262 e. The molecule has 2 N–H and O–H groups in total. The first-order valence-electron chi connectivity index (χ1n) is 9.22. The molecule has 150 valence electrons. The summed E-state index contributed by atoms with van der Waals surface area (Å²) in [5, 5.41) is 6.51. The quantitative estimate of drug-likeness (QED) is 0.437. The van der Waals surface area contributed by atoms with Gasteiger partial charge in [-0.25, -0.2) is 4.98 Å². The first-order chi connectivity index (χ1) is 14.0. The largest absolute Gasteiger partial charge is 0.355 e. The lowest BCUT2D eigenvalue weighted by atomic mass is 10.2. The third-order valence-electron chi connectivity index (χ3n) is 4.20. The van der Waals surface area contributed by atoms with E-state index < -0.39 is 0 Å². The molecule has 29 heavy (non-hydrogen) atoms. The molecule has 0 radical (unpaired) electrons. The maximum atomic E-state index is 12.9. The lowest BCUT2D eigenvalue weighted by Gasteiger charge is -2.13. The fraction of sp³-hybridized carbons (Fsp3) is 0.238. The number of fused-ring (bicyclic) bond motifs is 1. The molecular formula is C21H22N4O3S. The third kappa shape index (κ3) is 5.68. The van der Waals surface area contributed by atoms with Crippen molar-refractivity contribution in [2.75, 3.05) is 12.3 Å². The molecule has 0 spiro atoms. The monoisotopic (exact) mass is 410 g/mol. The summed E-state index contributed by atoms with van der Waals surface area (Å²) in [6, 6.07) is 16.7. The van der Waals surface area contributed by atoms with E-state index in [1.807, 2.05) is 36.4 Å². The van der Waals surface area contributed by atoms with Crippen LogP contribution in [0.15, 0.2) is 64.5 Å². The Balaban J connectivity index is 1.73. The van der Waals surface area contributed by atoms with E-state index in [0.29, 0.717) is 29.1 Å². The van der Waals surface area contributed by atoms with Crippen LogP contribution in [-0.4, -0.2) is 33.7 Å². The van der Waals surface area contributed by atoms with Crippen LogP contribution < -0.4 is 16.2 Å². The molecule has 1 heterocycles. The van der Waals surface area contributed by atoms with Gasteiger partial charge in [-0.05, 0) is 17.7 Å². The van der Waals surface area contributed by atoms with Gasteiger partial charge >= 0.3 is 0 Å². The number of hydrogen-bond acceptors (Lipinski definition) is 5. The van der Waals surface area contributed by atoms with Crippen molar-refractivity contribution in [2.24, 2.45) is 0 Å². The molecule has 8 heteroatoms. The third-order valence-corrected chi connectivity index (χ3v) is 5.18. The fourth-order valence-corrected chi connectivity index (χ4v) is 3.63. The second kappa shape index (κ2) is 9.88. The highest BCUT2D eigenvalue weighted by Crippen LogP contribution is 2.17. The number of thioether (sulfide) groups is 1. The van der Waals surface area contributed by atoms with Crippen molar-refractivity contribution in [3.05, 3.63) is 70.5 Å². The molecule has 2 aromatic carbocycles. The van der Waals surface area contributed by atoms with Crippen LogP contribution in [-0.2, 0) is 22.7 Å². The van der Waals surface area contributed by atoms with Crippen molar-refractivity contribution in [1.29, 1.82) is 0 Å². The molecule has 0 saturated carbocycles. The van der Waals surface area contributed by atoms with E-state index in [9.17, 15) is 14.4 Å². The maximum Gasteiger partial charge on any atom is 0.262 e. The van der Waals surface area contributed by atoms with E-state index in [-0.39, 0.29) is 29.7 Å². The minimum atomic E-state index is -0.187. The van der Waals surface area contributed by atoms with Gasteiger partial charge < -0.3 is 10.6 Å². The number of para-hydroxylation sites is 1. The predicted molar refractivity (Wildman–Crippen MR) is 114 cm³/mol. The van der Waals surface area contributed by atoms with Crippen LogP contribution in [0, 0.1) is 0 Å². The lowest BCUT2D eigenvalue weighted by Crippen LogP contribution is -2.31. The molecule has 0 aliphatic heterocycles. The van der Waals surface area contributed by atoms with E-state index in [1.165, 1.54) is 23.3 Å². The number of carbonyl (C=O) groups excluding carboxylic acids is 2. The summed E-state index contributed by atoms with van der Waals surface area (Å²) in [4.78, 5) is 40.8. The molecule has 2 amide bonds. The van der Waals surface area contributed by atoms with E-state index >= 15 is 0 Å². The molecule has 0 unspecified atom stereocenters. The van der Waals surface area contributed by atoms with E-state index in [2.05, 4.69) is 15.6 Å². The predicted octanol–water partition coefficient (Wildman–Crippen LogP) is 1.94. The minimum Gasteiger partial charge on any atom is -0.355 e. The zero-order chi connectivity index (χ0) is 20.6. The normalized spacial score (nSPS) is 10.7. The van der Waals surface area contributed by atoms with Crippen molar-refractivity contribution >= 4 is 34.5 Å². The van der Waals surface area contributed by atoms with Gasteiger partial charge in [0.15, 0.2) is 5.16 Å². The summed E-state index contributed by atoms with van der Waals surface area (Å²) in [5.41, 5.74) is 1.41. The average Bonchev–Trinajstić information content (AvgIpc) is 2.73. The summed E-state index contributed by atoms with van der Waals surface area (Å²) in [6.45, 7) is 2.46. The van der Waals surface area contributed by atoms with E-state index in [0.717, 1.165) is 5.56 Å². The summed E-state index contributed by atoms with van der Waals surface area (Å²) in [6.07, 6.45) is 0. The van der Waals surface area contributed by atoms with Crippen LogP contribution in [0.5, 0.6) is 0 Å². The van der Waals surface area contributed by atoms with Crippen molar-refractivity contribution in [3.63, 3.8) is 0 Å². The number of nitrogens with one attached hydrogen (secondary N) is 2. The molecule has 0 saturated heterocycles. The highest BCUT2D eigenvalue weighted by atomic mass is 32.2. The molecular weight excluding hydrogens is 388 g/mol. The lowest BCUT2D eigenvalue weighted by molar-refractivity contribution is -0.119. The summed E-state index contributed by atoms with van der Waals surface area (Å²) in [5.74, 6) is -0.173. The van der Waals surface area contributed by atoms with Crippen LogP contribution in [0.1, 0.15) is 12.5 Å². The summed E-state index contributed by atoms with van der Waals surface area (Å²) >= 11 is 1.21. The van der Waals surface area contributed by atoms with Crippen LogP contribution in [0.2, 0.25) is 0 Å². The van der Waals surface area contributed by atoms with Gasteiger partial charge in [0, 0.05) is 26.6 Å². The first kappa shape index (κ1) is 20.6. The Morgan fingerprint density at radius 1 is 1.03 bits per heavy atom. The van der Waals surface area contributed by atoms with Crippen LogP contribution in [0.4, 0.5) is 0 Å². The second-order valence-electron chi connectivity index (χ2n) is 6.40. The Morgan fingerprint density at radius 3 is 2.52 bits per heavy atom. The maximum absolute atomic E-state index is 12.9. The number of amides is 2. The van der Waals surface area contributed by atoms with Crippen LogP contribution >= 0.6 is 11.8 Å². The molecule has 0 bridgehead atoms. The molecule has 0 atom stereocenters. The van der Waals surface area contributed by atoms with Crippen molar-refractivity contribution < 1.29 is 9.59 Å². The Kier molecular flexibility index (Phi) is 7.02. The number of aromatic nitrogens is 2. The Labute approximate surface area is 172 Å². The Hall–Kier alpha value is -3.13. The summed E-state index contributed by atoms with van der Waals surface area (Å²) < 4.78 is 1.51. The van der Waals surface area contributed by atoms with E-state index in [4.69, 9.17) is 0 Å². The van der Waals surface area contributed by atoms with Crippen LogP contribution in [0.3, 0.4) is 0 Å². The van der Waals surface area contributed by atoms with Crippen molar-refractivity contribution in [3.8, 4) is 0 Å². The standard InChI is InChI=1S/C21H22N4O3S/c1-15(26)22-11-12-25-20(28)17-9-5-6-10-18(17)24-21(25)29-14-19(27)23-13-16-7-3-2-4-8-16/h2-10H,11-14H2,1H3,(H,22,26)(H,23,27). The molecule has 0 aliphatic rings. The molecule has 7 nitrogen and oxygen atoms in total. The van der Waals surface area contributed by atoms with Gasteiger partial charge in [-0.3, -0.25) is 19.0 Å². The highest BCUT2D eigenvalue weighted by Gasteiger charge is 2.13. The molecule has 0 aliphatic carbocycles. The SMILES string of the molecule is CC(=O)NCCn1c(SCC(=O)NCc2ccccc2)nc2ccccc2c1=O. The molecule has 3 aromatic rings.